The van der Waals surface area contributed by atoms with E-state index in [0.717, 1.165) is 13.0 Å². The zero-order valence-electron chi connectivity index (χ0n) is 10.5. The standard InChI is InChI=1S/C11H16N2.C3H6/c1-10(12)13(2)9-8-11-6-4-3-5-7-11;1-3-2/h3-7,12H,8-9H2,1-2H3;3H,1H2,2H3. The van der Waals surface area contributed by atoms with Crippen LogP contribution in [-0.2, 0) is 6.42 Å². The van der Waals surface area contributed by atoms with Gasteiger partial charge in [0.05, 0.1) is 5.84 Å². The highest BCUT2D eigenvalue weighted by Crippen LogP contribution is 2.00. The Balaban J connectivity index is 0.000000673. The van der Waals surface area contributed by atoms with Crippen molar-refractivity contribution in [3.63, 3.8) is 0 Å². The van der Waals surface area contributed by atoms with Gasteiger partial charge in [-0.15, -0.1) is 6.58 Å². The molecule has 1 aromatic rings. The van der Waals surface area contributed by atoms with Gasteiger partial charge in [-0.3, -0.25) is 5.41 Å². The first kappa shape index (κ1) is 14.4. The minimum Gasteiger partial charge on any atom is -0.364 e. The highest BCUT2D eigenvalue weighted by molar-refractivity contribution is 5.75. The van der Waals surface area contributed by atoms with Gasteiger partial charge in [-0.1, -0.05) is 36.4 Å². The molecule has 0 aliphatic rings. The normalized spacial score (nSPS) is 8.69. The molecule has 1 rings (SSSR count). The van der Waals surface area contributed by atoms with Crippen LogP contribution < -0.4 is 0 Å². The lowest BCUT2D eigenvalue weighted by Crippen LogP contribution is -2.25. The average molecular weight is 218 g/mol. The summed E-state index contributed by atoms with van der Waals surface area (Å²) in [6, 6.07) is 10.4. The Labute approximate surface area is 99.1 Å². The van der Waals surface area contributed by atoms with E-state index >= 15 is 0 Å². The Morgan fingerprint density at radius 2 is 1.88 bits per heavy atom. The fourth-order valence-corrected chi connectivity index (χ4v) is 1.11. The maximum Gasteiger partial charge on any atom is 0.0923 e. The van der Waals surface area contributed by atoms with Crippen LogP contribution in [0.25, 0.3) is 0 Å². The molecular formula is C14H22N2. The quantitative estimate of drug-likeness (QED) is 0.470. The molecule has 1 aromatic carbocycles. The third-order valence-electron chi connectivity index (χ3n) is 2.15. The summed E-state index contributed by atoms with van der Waals surface area (Å²) in [4.78, 5) is 1.95. The van der Waals surface area contributed by atoms with Crippen LogP contribution in [0.5, 0.6) is 0 Å². The molecule has 0 saturated heterocycles. The molecule has 0 atom stereocenters. The monoisotopic (exact) mass is 218 g/mol. The van der Waals surface area contributed by atoms with E-state index < -0.39 is 0 Å². The molecule has 0 fully saturated rings. The summed E-state index contributed by atoms with van der Waals surface area (Å²) in [7, 11) is 1.95. The van der Waals surface area contributed by atoms with E-state index in [1.54, 1.807) is 6.08 Å². The molecule has 0 bridgehead atoms. The van der Waals surface area contributed by atoms with E-state index in [1.807, 2.05) is 44.0 Å². The van der Waals surface area contributed by atoms with Crippen molar-refractivity contribution >= 4 is 5.84 Å². The van der Waals surface area contributed by atoms with Gasteiger partial charge in [0.1, 0.15) is 0 Å². The summed E-state index contributed by atoms with van der Waals surface area (Å²) in [5.74, 6) is 0.621. The number of nitrogens with one attached hydrogen (secondary N) is 1. The van der Waals surface area contributed by atoms with Gasteiger partial charge in [0, 0.05) is 13.6 Å². The number of hydrogen-bond donors (Lipinski definition) is 1. The SMILES string of the molecule is C=CC.CC(=N)N(C)CCc1ccccc1. The highest BCUT2D eigenvalue weighted by Gasteiger charge is 1.98. The molecule has 0 heterocycles. The van der Waals surface area contributed by atoms with Crippen LogP contribution in [0.3, 0.4) is 0 Å². The Kier molecular flexibility index (Phi) is 7.86. The van der Waals surface area contributed by atoms with Crippen molar-refractivity contribution in [2.24, 2.45) is 0 Å². The molecule has 0 aliphatic carbocycles. The van der Waals surface area contributed by atoms with Crippen LogP contribution in [-0.4, -0.2) is 24.3 Å². The first-order valence-corrected chi connectivity index (χ1v) is 5.49. The van der Waals surface area contributed by atoms with E-state index in [1.165, 1.54) is 5.56 Å². The van der Waals surface area contributed by atoms with Crippen molar-refractivity contribution in [1.82, 2.24) is 4.90 Å². The Morgan fingerprint density at radius 3 is 2.31 bits per heavy atom. The fraction of sp³-hybridized carbons (Fsp3) is 0.357. The molecule has 0 aromatic heterocycles. The summed E-state index contributed by atoms with van der Waals surface area (Å²) in [6.45, 7) is 7.98. The predicted molar refractivity (Wildman–Crippen MR) is 72.0 cm³/mol. The van der Waals surface area contributed by atoms with E-state index in [-0.39, 0.29) is 0 Å². The van der Waals surface area contributed by atoms with Gasteiger partial charge in [0.25, 0.3) is 0 Å². The molecule has 0 saturated carbocycles. The van der Waals surface area contributed by atoms with E-state index in [4.69, 9.17) is 5.41 Å². The van der Waals surface area contributed by atoms with Gasteiger partial charge in [-0.25, -0.2) is 0 Å². The molecule has 0 unspecified atom stereocenters. The second-order valence-corrected chi connectivity index (χ2v) is 3.65. The lowest BCUT2D eigenvalue weighted by molar-refractivity contribution is 0.502. The van der Waals surface area contributed by atoms with Crippen molar-refractivity contribution in [2.45, 2.75) is 20.3 Å². The summed E-state index contributed by atoms with van der Waals surface area (Å²) in [6.07, 6.45) is 2.76. The number of allylic oxidation sites excluding steroid dienone is 1. The summed E-state index contributed by atoms with van der Waals surface area (Å²) in [5.41, 5.74) is 1.33. The van der Waals surface area contributed by atoms with Crippen molar-refractivity contribution in [3.05, 3.63) is 48.6 Å². The van der Waals surface area contributed by atoms with Crippen molar-refractivity contribution in [3.8, 4) is 0 Å². The van der Waals surface area contributed by atoms with Crippen LogP contribution in [0.4, 0.5) is 0 Å². The lowest BCUT2D eigenvalue weighted by Gasteiger charge is -2.16. The van der Waals surface area contributed by atoms with Crippen molar-refractivity contribution in [1.29, 1.82) is 5.41 Å². The zero-order chi connectivity index (χ0) is 12.4. The smallest absolute Gasteiger partial charge is 0.0923 e. The van der Waals surface area contributed by atoms with E-state index in [0.29, 0.717) is 5.84 Å². The first-order chi connectivity index (χ1) is 7.61. The van der Waals surface area contributed by atoms with Crippen LogP contribution in [0.15, 0.2) is 43.0 Å². The molecular weight excluding hydrogens is 196 g/mol. The molecule has 0 amide bonds. The zero-order valence-corrected chi connectivity index (χ0v) is 10.5. The largest absolute Gasteiger partial charge is 0.364 e. The van der Waals surface area contributed by atoms with Crippen LogP contribution in [0, 0.1) is 5.41 Å². The van der Waals surface area contributed by atoms with Gasteiger partial charge >= 0.3 is 0 Å². The van der Waals surface area contributed by atoms with Gasteiger partial charge in [0.2, 0.25) is 0 Å². The summed E-state index contributed by atoms with van der Waals surface area (Å²) < 4.78 is 0. The summed E-state index contributed by atoms with van der Waals surface area (Å²) >= 11 is 0. The number of hydrogen-bond acceptors (Lipinski definition) is 1. The molecule has 88 valence electrons. The third kappa shape index (κ3) is 6.82. The maximum absolute atomic E-state index is 7.39. The van der Waals surface area contributed by atoms with Gasteiger partial charge in [-0.05, 0) is 25.8 Å². The predicted octanol–water partition coefficient (Wildman–Crippen LogP) is 3.35. The van der Waals surface area contributed by atoms with E-state index in [2.05, 4.69) is 18.7 Å². The molecule has 0 aliphatic heterocycles. The molecule has 1 N–H and O–H groups in total. The lowest BCUT2D eigenvalue weighted by atomic mass is 10.1. The second kappa shape index (κ2) is 8.72. The molecule has 2 heteroatoms. The number of rotatable bonds is 3. The van der Waals surface area contributed by atoms with Crippen LogP contribution in [0.2, 0.25) is 0 Å². The van der Waals surface area contributed by atoms with Crippen LogP contribution >= 0.6 is 0 Å². The average Bonchev–Trinajstić information content (AvgIpc) is 2.28. The molecule has 0 spiro atoms. The minimum absolute atomic E-state index is 0.621. The van der Waals surface area contributed by atoms with Gasteiger partial charge in [-0.2, -0.15) is 0 Å². The minimum atomic E-state index is 0.621. The Morgan fingerprint density at radius 1 is 1.38 bits per heavy atom. The summed E-state index contributed by atoms with van der Waals surface area (Å²) in [5, 5.41) is 7.39. The number of amidine groups is 1. The Bertz CT molecular complexity index is 304. The Hall–Kier alpha value is -1.57. The van der Waals surface area contributed by atoms with Crippen LogP contribution in [0.1, 0.15) is 19.4 Å². The highest BCUT2D eigenvalue weighted by atomic mass is 15.1. The molecule has 16 heavy (non-hydrogen) atoms. The fourth-order valence-electron chi connectivity index (χ4n) is 1.11. The van der Waals surface area contributed by atoms with Gasteiger partial charge < -0.3 is 4.90 Å². The molecule has 2 nitrogen and oxygen atoms in total. The topological polar surface area (TPSA) is 27.1 Å². The number of likely N-dealkylation sites (N-methyl/N-ethyl adjacent to an activating group) is 1. The third-order valence-corrected chi connectivity index (χ3v) is 2.15. The van der Waals surface area contributed by atoms with Crippen molar-refractivity contribution in [2.75, 3.05) is 13.6 Å². The number of nitrogens with zero attached hydrogens (tertiary/aromatic N) is 1. The van der Waals surface area contributed by atoms with E-state index in [9.17, 15) is 0 Å². The first-order valence-electron chi connectivity index (χ1n) is 5.49. The molecule has 0 radical (unpaired) electrons. The van der Waals surface area contributed by atoms with Gasteiger partial charge in [0.15, 0.2) is 0 Å². The van der Waals surface area contributed by atoms with Crippen molar-refractivity contribution < 1.29 is 0 Å². The second-order valence-electron chi connectivity index (χ2n) is 3.65. The number of benzene rings is 1. The maximum atomic E-state index is 7.39.